The average molecular weight is 520 g/mol. The topological polar surface area (TPSA) is 114 Å². The van der Waals surface area contributed by atoms with Gasteiger partial charge in [0, 0.05) is 5.69 Å². The number of rotatable bonds is 9. The van der Waals surface area contributed by atoms with Gasteiger partial charge in [0.1, 0.15) is 12.2 Å². The van der Waals surface area contributed by atoms with E-state index < -0.39 is 30.4 Å². The summed E-state index contributed by atoms with van der Waals surface area (Å²) >= 11 is 12.4. The number of nitrogens with zero attached hydrogens (tertiary/aromatic N) is 1. The molecule has 0 aromatic heterocycles. The van der Waals surface area contributed by atoms with Gasteiger partial charge in [0.15, 0.2) is 12.4 Å². The summed E-state index contributed by atoms with van der Waals surface area (Å²) in [4.78, 5) is 49.9. The van der Waals surface area contributed by atoms with Crippen molar-refractivity contribution in [2.24, 2.45) is 0 Å². The number of hydrogen-bond acceptors (Lipinski definition) is 6. The highest BCUT2D eigenvalue weighted by Crippen LogP contribution is 2.35. The van der Waals surface area contributed by atoms with E-state index in [2.05, 4.69) is 10.6 Å². The molecular weight excluding hydrogens is 497 g/mol. The molecule has 1 aliphatic rings. The minimum absolute atomic E-state index is 0.0518. The number of imide groups is 1. The summed E-state index contributed by atoms with van der Waals surface area (Å²) in [6.07, 6.45) is 2.08. The van der Waals surface area contributed by atoms with E-state index in [-0.39, 0.29) is 34.7 Å². The Bertz CT molecular complexity index is 1170. The predicted molar refractivity (Wildman–Crippen MR) is 131 cm³/mol. The Morgan fingerprint density at radius 3 is 2.46 bits per heavy atom. The van der Waals surface area contributed by atoms with E-state index in [1.165, 1.54) is 18.2 Å². The molecule has 1 heterocycles. The Kier molecular flexibility index (Phi) is 8.73. The Labute approximate surface area is 212 Å². The van der Waals surface area contributed by atoms with Gasteiger partial charge in [-0.25, -0.2) is 14.5 Å². The number of amides is 4. The third-order valence-electron chi connectivity index (χ3n) is 4.91. The molecule has 35 heavy (non-hydrogen) atoms. The number of nitrogens with one attached hydrogen (secondary N) is 2. The average Bonchev–Trinajstić information content (AvgIpc) is 3.06. The molecule has 1 saturated heterocycles. The van der Waals surface area contributed by atoms with Crippen LogP contribution >= 0.6 is 23.2 Å². The minimum atomic E-state index is -0.730. The minimum Gasteiger partial charge on any atom is -0.479 e. The van der Waals surface area contributed by atoms with E-state index in [1.807, 2.05) is 19.1 Å². The number of benzene rings is 2. The zero-order valence-electron chi connectivity index (χ0n) is 19.0. The van der Waals surface area contributed by atoms with Gasteiger partial charge < -0.3 is 20.1 Å². The third kappa shape index (κ3) is 6.52. The largest absolute Gasteiger partial charge is 0.479 e. The van der Waals surface area contributed by atoms with Crippen molar-refractivity contribution in [3.05, 3.63) is 63.3 Å². The van der Waals surface area contributed by atoms with Crippen LogP contribution in [-0.2, 0) is 25.5 Å². The summed E-state index contributed by atoms with van der Waals surface area (Å²) in [5.74, 6) is -1.68. The molecule has 0 radical (unpaired) electrons. The van der Waals surface area contributed by atoms with Gasteiger partial charge in [0.25, 0.3) is 5.91 Å². The molecule has 0 atom stereocenters. The zero-order chi connectivity index (χ0) is 25.5. The summed E-state index contributed by atoms with van der Waals surface area (Å²) in [6, 6.07) is 9.46. The van der Waals surface area contributed by atoms with Crippen LogP contribution in [0.5, 0.6) is 5.75 Å². The molecule has 2 aromatic carbocycles. The molecule has 1 aliphatic heterocycles. The quantitative estimate of drug-likeness (QED) is 0.293. The molecule has 0 spiro atoms. The van der Waals surface area contributed by atoms with E-state index in [4.69, 9.17) is 32.7 Å². The Morgan fingerprint density at radius 1 is 1.11 bits per heavy atom. The van der Waals surface area contributed by atoms with Crippen molar-refractivity contribution in [3.8, 4) is 5.75 Å². The highest BCUT2D eigenvalue weighted by molar-refractivity contribution is 6.37. The van der Waals surface area contributed by atoms with Crippen molar-refractivity contribution in [2.45, 2.75) is 20.3 Å². The lowest BCUT2D eigenvalue weighted by atomic mass is 10.1. The lowest BCUT2D eigenvalue weighted by Gasteiger charge is -2.13. The molecule has 4 amide bonds. The highest BCUT2D eigenvalue weighted by atomic mass is 35.5. The number of hydrogen-bond donors (Lipinski definition) is 2. The van der Waals surface area contributed by atoms with Crippen molar-refractivity contribution >= 4 is 58.8 Å². The Balaban J connectivity index is 1.70. The van der Waals surface area contributed by atoms with Crippen molar-refractivity contribution in [2.75, 3.05) is 25.1 Å². The number of carbonyl (C=O) groups is 4. The number of carbonyl (C=O) groups excluding carboxylic acids is 4. The maximum atomic E-state index is 12.8. The normalized spacial score (nSPS) is 14.2. The van der Waals surface area contributed by atoms with Gasteiger partial charge in [-0.1, -0.05) is 48.3 Å². The van der Waals surface area contributed by atoms with Crippen LogP contribution in [0.2, 0.25) is 10.0 Å². The molecule has 9 nitrogen and oxygen atoms in total. The van der Waals surface area contributed by atoms with Crippen LogP contribution < -0.4 is 15.4 Å². The summed E-state index contributed by atoms with van der Waals surface area (Å²) < 4.78 is 10.1. The third-order valence-corrected chi connectivity index (χ3v) is 5.47. The van der Waals surface area contributed by atoms with Crippen LogP contribution in [0, 0.1) is 0 Å². The van der Waals surface area contributed by atoms with Crippen LogP contribution in [0.3, 0.4) is 0 Å². The second-order valence-corrected chi connectivity index (χ2v) is 8.16. The maximum Gasteiger partial charge on any atom is 0.344 e. The summed E-state index contributed by atoms with van der Waals surface area (Å²) in [5.41, 5.74) is 1.90. The molecule has 1 fully saturated rings. The van der Waals surface area contributed by atoms with Crippen molar-refractivity contribution in [3.63, 3.8) is 0 Å². The van der Waals surface area contributed by atoms with Crippen LogP contribution in [0.4, 0.5) is 10.5 Å². The van der Waals surface area contributed by atoms with Crippen molar-refractivity contribution in [1.29, 1.82) is 0 Å². The van der Waals surface area contributed by atoms with Gasteiger partial charge >= 0.3 is 12.0 Å². The number of esters is 1. The first-order chi connectivity index (χ1) is 16.7. The van der Waals surface area contributed by atoms with E-state index in [0.717, 1.165) is 10.5 Å². The van der Waals surface area contributed by atoms with Crippen LogP contribution in [-0.4, -0.2) is 48.5 Å². The first-order valence-electron chi connectivity index (χ1n) is 10.7. The molecule has 0 aliphatic carbocycles. The number of aryl methyl sites for hydroxylation is 1. The molecule has 2 N–H and O–H groups in total. The van der Waals surface area contributed by atoms with Gasteiger partial charge in [-0.2, -0.15) is 0 Å². The van der Waals surface area contributed by atoms with Gasteiger partial charge in [0.2, 0.25) is 5.91 Å². The highest BCUT2D eigenvalue weighted by Gasteiger charge is 2.35. The Morgan fingerprint density at radius 2 is 1.80 bits per heavy atom. The standard InChI is InChI=1S/C24H23Cl2N3O6/c1-3-15-7-5-6-8-18(15)27-20(30)12-29-23(32)19(28-24(29)33)11-14-9-16(25)22(17(26)10-14)35-13-21(31)34-4-2/h5-11H,3-4,12-13H2,1-2H3,(H,27,30)(H,28,33)/b19-11+. The molecule has 0 bridgehead atoms. The lowest BCUT2D eigenvalue weighted by Crippen LogP contribution is -2.38. The second-order valence-electron chi connectivity index (χ2n) is 7.35. The van der Waals surface area contributed by atoms with Gasteiger partial charge in [-0.15, -0.1) is 0 Å². The fraction of sp³-hybridized carbons (Fsp3) is 0.250. The molecule has 2 aromatic rings. The first-order valence-corrected chi connectivity index (χ1v) is 11.5. The van der Waals surface area contributed by atoms with E-state index in [9.17, 15) is 19.2 Å². The summed E-state index contributed by atoms with van der Waals surface area (Å²) in [5, 5.41) is 5.36. The monoisotopic (exact) mass is 519 g/mol. The number of halogens is 2. The van der Waals surface area contributed by atoms with Crippen LogP contribution in [0.1, 0.15) is 25.0 Å². The summed E-state index contributed by atoms with van der Waals surface area (Å²) in [7, 11) is 0. The number of ether oxygens (including phenoxy) is 2. The summed E-state index contributed by atoms with van der Waals surface area (Å²) in [6.45, 7) is 3.00. The first kappa shape index (κ1) is 26.1. The zero-order valence-corrected chi connectivity index (χ0v) is 20.5. The maximum absolute atomic E-state index is 12.8. The van der Waals surface area contributed by atoms with Gasteiger partial charge in [0.05, 0.1) is 16.7 Å². The molecule has 3 rings (SSSR count). The molecule has 11 heteroatoms. The van der Waals surface area contributed by atoms with Crippen molar-refractivity contribution in [1.82, 2.24) is 10.2 Å². The van der Waals surface area contributed by atoms with Crippen LogP contribution in [0.25, 0.3) is 6.08 Å². The van der Waals surface area contributed by atoms with Crippen LogP contribution in [0.15, 0.2) is 42.1 Å². The smallest absolute Gasteiger partial charge is 0.344 e. The van der Waals surface area contributed by atoms with Gasteiger partial charge in [-0.05, 0) is 48.7 Å². The fourth-order valence-electron chi connectivity index (χ4n) is 3.30. The van der Waals surface area contributed by atoms with E-state index in [0.29, 0.717) is 17.7 Å². The number of urea groups is 1. The predicted octanol–water partition coefficient (Wildman–Crippen LogP) is 4.03. The second kappa shape index (κ2) is 11.7. The SMILES string of the molecule is CCOC(=O)COc1c(Cl)cc(/C=C2/NC(=O)N(CC(=O)Nc3ccccc3CC)C2=O)cc1Cl. The number of anilines is 1. The fourth-order valence-corrected chi connectivity index (χ4v) is 3.91. The molecular formula is C24H23Cl2N3O6. The van der Waals surface area contributed by atoms with E-state index >= 15 is 0 Å². The lowest BCUT2D eigenvalue weighted by molar-refractivity contribution is -0.145. The molecule has 0 unspecified atom stereocenters. The number of para-hydroxylation sites is 1. The van der Waals surface area contributed by atoms with Crippen molar-refractivity contribution < 1.29 is 28.7 Å². The van der Waals surface area contributed by atoms with E-state index in [1.54, 1.807) is 19.1 Å². The Hall–Kier alpha value is -3.56. The van der Waals surface area contributed by atoms with Gasteiger partial charge in [-0.3, -0.25) is 9.59 Å². The molecule has 184 valence electrons. The molecule has 0 saturated carbocycles.